The number of benzene rings is 2. The zero-order valence-electron chi connectivity index (χ0n) is 11.2. The number of halogens is 1. The molecule has 0 unspecified atom stereocenters. The number of non-ortho nitro benzene ring substituents is 1. The van der Waals surface area contributed by atoms with E-state index in [1.807, 2.05) is 0 Å². The SMILES string of the molecule is CC(=O)c1ccccc1OCc1cc(F)cc([N+](=O)[O-])c1. The summed E-state index contributed by atoms with van der Waals surface area (Å²) in [5.74, 6) is -0.504. The average Bonchev–Trinajstić information content (AvgIpc) is 2.44. The summed E-state index contributed by atoms with van der Waals surface area (Å²) in [5, 5.41) is 10.7. The third kappa shape index (κ3) is 3.62. The van der Waals surface area contributed by atoms with Gasteiger partial charge in [-0.3, -0.25) is 14.9 Å². The Morgan fingerprint density at radius 2 is 2.00 bits per heavy atom. The molecule has 0 aromatic heterocycles. The van der Waals surface area contributed by atoms with E-state index >= 15 is 0 Å². The number of nitro groups is 1. The Bertz CT molecular complexity index is 700. The number of ether oxygens (including phenoxy) is 1. The molecule has 2 aromatic rings. The standard InChI is InChI=1S/C15H12FNO4/c1-10(18)14-4-2-3-5-15(14)21-9-11-6-12(16)8-13(7-11)17(19)20/h2-8H,9H2,1H3. The number of carbonyl (C=O) groups excluding carboxylic acids is 1. The van der Waals surface area contributed by atoms with Gasteiger partial charge in [-0.05, 0) is 30.7 Å². The zero-order valence-corrected chi connectivity index (χ0v) is 11.2. The molecule has 0 aliphatic heterocycles. The van der Waals surface area contributed by atoms with Gasteiger partial charge in [-0.25, -0.2) is 4.39 Å². The van der Waals surface area contributed by atoms with E-state index in [4.69, 9.17) is 4.74 Å². The van der Waals surface area contributed by atoms with Crippen LogP contribution in [0.25, 0.3) is 0 Å². The van der Waals surface area contributed by atoms with Crippen LogP contribution >= 0.6 is 0 Å². The summed E-state index contributed by atoms with van der Waals surface area (Å²) in [5.41, 5.74) is 0.386. The minimum absolute atomic E-state index is 0.0666. The average molecular weight is 289 g/mol. The van der Waals surface area contributed by atoms with Crippen LogP contribution in [0.3, 0.4) is 0 Å². The Morgan fingerprint density at radius 1 is 1.29 bits per heavy atom. The van der Waals surface area contributed by atoms with E-state index in [-0.39, 0.29) is 18.1 Å². The maximum absolute atomic E-state index is 13.3. The first-order chi connectivity index (χ1) is 9.97. The lowest BCUT2D eigenvalue weighted by atomic mass is 10.1. The van der Waals surface area contributed by atoms with E-state index in [1.165, 1.54) is 13.0 Å². The Morgan fingerprint density at radius 3 is 2.67 bits per heavy atom. The second-order valence-electron chi connectivity index (χ2n) is 4.42. The van der Waals surface area contributed by atoms with E-state index in [0.29, 0.717) is 16.9 Å². The summed E-state index contributed by atoms with van der Waals surface area (Å²) in [7, 11) is 0. The summed E-state index contributed by atoms with van der Waals surface area (Å²) >= 11 is 0. The minimum atomic E-state index is -0.706. The van der Waals surface area contributed by atoms with Crippen LogP contribution in [0.4, 0.5) is 10.1 Å². The predicted octanol–water partition coefficient (Wildman–Crippen LogP) is 3.52. The van der Waals surface area contributed by atoms with Crippen molar-refractivity contribution in [2.45, 2.75) is 13.5 Å². The maximum atomic E-state index is 13.3. The molecule has 0 atom stereocenters. The largest absolute Gasteiger partial charge is 0.488 e. The van der Waals surface area contributed by atoms with Gasteiger partial charge in [0, 0.05) is 6.07 Å². The second-order valence-corrected chi connectivity index (χ2v) is 4.42. The predicted molar refractivity (Wildman–Crippen MR) is 73.8 cm³/mol. The van der Waals surface area contributed by atoms with E-state index in [0.717, 1.165) is 12.1 Å². The molecule has 0 spiro atoms. The van der Waals surface area contributed by atoms with Crippen LogP contribution in [0.1, 0.15) is 22.8 Å². The Kier molecular flexibility index (Phi) is 4.27. The minimum Gasteiger partial charge on any atom is -0.488 e. The summed E-state index contributed by atoms with van der Waals surface area (Å²) in [4.78, 5) is 21.5. The molecule has 0 saturated heterocycles. The van der Waals surface area contributed by atoms with Crippen LogP contribution < -0.4 is 4.74 Å². The second kappa shape index (κ2) is 6.13. The van der Waals surface area contributed by atoms with Crippen molar-refractivity contribution in [3.8, 4) is 5.75 Å². The summed E-state index contributed by atoms with van der Waals surface area (Å²) in [6, 6.07) is 9.87. The van der Waals surface area contributed by atoms with Crippen LogP contribution in [0.5, 0.6) is 5.75 Å². The highest BCUT2D eigenvalue weighted by molar-refractivity contribution is 5.96. The number of nitro benzene ring substituents is 1. The first-order valence-electron chi connectivity index (χ1n) is 6.14. The highest BCUT2D eigenvalue weighted by Gasteiger charge is 2.12. The first kappa shape index (κ1) is 14.6. The molecule has 0 N–H and O–H groups in total. The Hall–Kier alpha value is -2.76. The van der Waals surface area contributed by atoms with Gasteiger partial charge in [0.15, 0.2) is 5.78 Å². The molecule has 0 radical (unpaired) electrons. The third-order valence-electron chi connectivity index (χ3n) is 2.81. The molecule has 21 heavy (non-hydrogen) atoms. The van der Waals surface area contributed by atoms with Crippen molar-refractivity contribution in [2.24, 2.45) is 0 Å². The number of carbonyl (C=O) groups is 1. The highest BCUT2D eigenvalue weighted by atomic mass is 19.1. The van der Waals surface area contributed by atoms with Crippen LogP contribution in [0.15, 0.2) is 42.5 Å². The number of hydrogen-bond acceptors (Lipinski definition) is 4. The molecule has 0 fully saturated rings. The fourth-order valence-corrected chi connectivity index (χ4v) is 1.87. The molecule has 6 heteroatoms. The number of ketones is 1. The van der Waals surface area contributed by atoms with Crippen molar-refractivity contribution in [2.75, 3.05) is 0 Å². The molecule has 0 heterocycles. The lowest BCUT2D eigenvalue weighted by Gasteiger charge is -2.09. The van der Waals surface area contributed by atoms with Gasteiger partial charge in [0.25, 0.3) is 5.69 Å². The van der Waals surface area contributed by atoms with Gasteiger partial charge >= 0.3 is 0 Å². The van der Waals surface area contributed by atoms with Gasteiger partial charge in [-0.15, -0.1) is 0 Å². The molecule has 0 saturated carbocycles. The van der Waals surface area contributed by atoms with Gasteiger partial charge in [0.2, 0.25) is 0 Å². The molecule has 2 rings (SSSR count). The Balaban J connectivity index is 2.21. The molecule has 0 aliphatic carbocycles. The molecule has 0 aliphatic rings. The van der Waals surface area contributed by atoms with E-state index in [1.54, 1.807) is 24.3 Å². The van der Waals surface area contributed by atoms with Crippen LogP contribution in [-0.2, 0) is 6.61 Å². The molecular weight excluding hydrogens is 277 g/mol. The van der Waals surface area contributed by atoms with E-state index in [9.17, 15) is 19.3 Å². The van der Waals surface area contributed by atoms with Crippen molar-refractivity contribution in [1.82, 2.24) is 0 Å². The normalized spacial score (nSPS) is 10.2. The fourth-order valence-electron chi connectivity index (χ4n) is 1.87. The zero-order chi connectivity index (χ0) is 15.4. The summed E-state index contributed by atoms with van der Waals surface area (Å²) in [6.07, 6.45) is 0. The van der Waals surface area contributed by atoms with Crippen LogP contribution in [0, 0.1) is 15.9 Å². The summed E-state index contributed by atoms with van der Waals surface area (Å²) in [6.45, 7) is 1.35. The molecule has 2 aromatic carbocycles. The van der Waals surface area contributed by atoms with Crippen molar-refractivity contribution < 1.29 is 18.8 Å². The number of hydrogen-bond donors (Lipinski definition) is 0. The lowest BCUT2D eigenvalue weighted by Crippen LogP contribution is -2.02. The first-order valence-corrected chi connectivity index (χ1v) is 6.14. The van der Waals surface area contributed by atoms with Crippen LogP contribution in [-0.4, -0.2) is 10.7 Å². The van der Waals surface area contributed by atoms with Crippen molar-refractivity contribution >= 4 is 11.5 Å². The molecule has 0 bridgehead atoms. The van der Waals surface area contributed by atoms with Crippen molar-refractivity contribution in [1.29, 1.82) is 0 Å². The number of rotatable bonds is 5. The van der Waals surface area contributed by atoms with Gasteiger partial charge in [-0.1, -0.05) is 12.1 Å². The molecular formula is C15H12FNO4. The maximum Gasteiger partial charge on any atom is 0.272 e. The summed E-state index contributed by atoms with van der Waals surface area (Å²) < 4.78 is 18.8. The van der Waals surface area contributed by atoms with Gasteiger partial charge in [0.1, 0.15) is 18.2 Å². The Labute approximate surface area is 120 Å². The monoisotopic (exact) mass is 289 g/mol. The quantitative estimate of drug-likeness (QED) is 0.480. The lowest BCUT2D eigenvalue weighted by molar-refractivity contribution is -0.385. The number of nitrogens with zero attached hydrogens (tertiary/aromatic N) is 1. The molecule has 0 amide bonds. The molecule has 5 nitrogen and oxygen atoms in total. The van der Waals surface area contributed by atoms with Crippen LogP contribution in [0.2, 0.25) is 0 Å². The smallest absolute Gasteiger partial charge is 0.272 e. The van der Waals surface area contributed by atoms with Crippen molar-refractivity contribution in [3.05, 3.63) is 69.5 Å². The third-order valence-corrected chi connectivity index (χ3v) is 2.81. The van der Waals surface area contributed by atoms with Gasteiger partial charge in [-0.2, -0.15) is 0 Å². The number of para-hydroxylation sites is 1. The highest BCUT2D eigenvalue weighted by Crippen LogP contribution is 2.22. The van der Waals surface area contributed by atoms with Crippen molar-refractivity contribution in [3.63, 3.8) is 0 Å². The fraction of sp³-hybridized carbons (Fsp3) is 0.133. The number of Topliss-reactive ketones (excluding diaryl/α,β-unsaturated/α-hetero) is 1. The van der Waals surface area contributed by atoms with Gasteiger partial charge < -0.3 is 4.74 Å². The topological polar surface area (TPSA) is 69.4 Å². The van der Waals surface area contributed by atoms with E-state index in [2.05, 4.69) is 0 Å². The van der Waals surface area contributed by atoms with E-state index < -0.39 is 10.7 Å². The molecule has 108 valence electrons. The van der Waals surface area contributed by atoms with Gasteiger partial charge in [0.05, 0.1) is 16.6 Å².